The summed E-state index contributed by atoms with van der Waals surface area (Å²) in [5, 5.41) is 0. The van der Waals surface area contributed by atoms with E-state index in [1.165, 1.54) is 12.1 Å². The smallest absolute Gasteiger partial charge is 0.162 e. The number of halogens is 1. The van der Waals surface area contributed by atoms with Gasteiger partial charge in [0, 0.05) is 24.4 Å². The van der Waals surface area contributed by atoms with Crippen molar-refractivity contribution in [3.8, 4) is 11.5 Å². The number of likely N-dealkylation sites (tertiary alicyclic amines) is 1. The third-order valence-electron chi connectivity index (χ3n) is 5.33. The summed E-state index contributed by atoms with van der Waals surface area (Å²) in [7, 11) is 0. The van der Waals surface area contributed by atoms with E-state index in [4.69, 9.17) is 9.47 Å². The van der Waals surface area contributed by atoms with Gasteiger partial charge >= 0.3 is 0 Å². The van der Waals surface area contributed by atoms with Crippen molar-refractivity contribution < 1.29 is 18.7 Å². The highest BCUT2D eigenvalue weighted by molar-refractivity contribution is 5.95. The standard InChI is InChI=1S/C25H32FNO3/c1-19(2)30-25-10-4-3-9-24(25)29-18-20-7-5-15-27(17-20)16-6-8-23(28)21-11-13-22(26)14-12-21/h3-4,9-14,19-20H,5-8,15-18H2,1-2H3. The third-order valence-corrected chi connectivity index (χ3v) is 5.33. The van der Waals surface area contributed by atoms with Crippen LogP contribution in [0.25, 0.3) is 0 Å². The van der Waals surface area contributed by atoms with E-state index in [0.29, 0.717) is 24.5 Å². The van der Waals surface area contributed by atoms with Gasteiger partial charge in [0.1, 0.15) is 5.82 Å². The van der Waals surface area contributed by atoms with Crippen LogP contribution in [0.3, 0.4) is 0 Å². The Balaban J connectivity index is 1.42. The highest BCUT2D eigenvalue weighted by atomic mass is 19.1. The number of benzene rings is 2. The number of piperidine rings is 1. The lowest BCUT2D eigenvalue weighted by Crippen LogP contribution is -2.38. The van der Waals surface area contributed by atoms with E-state index < -0.39 is 0 Å². The lowest BCUT2D eigenvalue weighted by Gasteiger charge is -2.32. The van der Waals surface area contributed by atoms with Crippen molar-refractivity contribution in [1.29, 1.82) is 0 Å². The molecule has 1 heterocycles. The first kappa shape index (κ1) is 22.3. The fourth-order valence-corrected chi connectivity index (χ4v) is 3.86. The molecule has 162 valence electrons. The van der Waals surface area contributed by atoms with Crippen molar-refractivity contribution in [3.05, 3.63) is 59.9 Å². The minimum absolute atomic E-state index is 0.0775. The molecule has 1 fully saturated rings. The molecule has 2 aromatic carbocycles. The van der Waals surface area contributed by atoms with Crippen molar-refractivity contribution in [1.82, 2.24) is 4.90 Å². The largest absolute Gasteiger partial charge is 0.489 e. The number of hydrogen-bond acceptors (Lipinski definition) is 4. The molecular formula is C25H32FNO3. The summed E-state index contributed by atoms with van der Waals surface area (Å²) in [5.74, 6) is 1.83. The van der Waals surface area contributed by atoms with Gasteiger partial charge in [-0.2, -0.15) is 0 Å². The summed E-state index contributed by atoms with van der Waals surface area (Å²) in [6.07, 6.45) is 3.71. The zero-order chi connectivity index (χ0) is 21.3. The molecule has 0 aliphatic carbocycles. The minimum Gasteiger partial charge on any atom is -0.489 e. The predicted octanol–water partition coefficient (Wildman–Crippen LogP) is 5.37. The average Bonchev–Trinajstić information content (AvgIpc) is 2.73. The third kappa shape index (κ3) is 6.84. The fraction of sp³-hybridized carbons (Fsp3) is 0.480. The van der Waals surface area contributed by atoms with Crippen LogP contribution < -0.4 is 9.47 Å². The monoisotopic (exact) mass is 413 g/mol. The summed E-state index contributed by atoms with van der Waals surface area (Å²) in [6.45, 7) is 7.64. The van der Waals surface area contributed by atoms with Crippen LogP contribution in [0.1, 0.15) is 49.9 Å². The number of rotatable bonds is 10. The van der Waals surface area contributed by atoms with Crippen LogP contribution in [0.2, 0.25) is 0 Å². The quantitative estimate of drug-likeness (QED) is 0.491. The van der Waals surface area contributed by atoms with Crippen molar-refractivity contribution in [2.45, 2.75) is 45.6 Å². The van der Waals surface area contributed by atoms with E-state index in [1.807, 2.05) is 38.1 Å². The molecule has 0 N–H and O–H groups in total. The Morgan fingerprint density at radius 3 is 2.60 bits per heavy atom. The maximum absolute atomic E-state index is 13.0. The molecule has 1 unspecified atom stereocenters. The highest BCUT2D eigenvalue weighted by Gasteiger charge is 2.21. The summed E-state index contributed by atoms with van der Waals surface area (Å²) >= 11 is 0. The second kappa shape index (κ2) is 11.1. The Hall–Kier alpha value is -2.40. The molecule has 1 atom stereocenters. The van der Waals surface area contributed by atoms with E-state index in [9.17, 15) is 9.18 Å². The molecule has 30 heavy (non-hydrogen) atoms. The highest BCUT2D eigenvalue weighted by Crippen LogP contribution is 2.28. The summed E-state index contributed by atoms with van der Waals surface area (Å²) in [5.41, 5.74) is 0.587. The second-order valence-corrected chi connectivity index (χ2v) is 8.27. The molecule has 1 aliphatic heterocycles. The molecule has 0 radical (unpaired) electrons. The Kier molecular flexibility index (Phi) is 8.26. The maximum Gasteiger partial charge on any atom is 0.162 e. The summed E-state index contributed by atoms with van der Waals surface area (Å²) in [4.78, 5) is 14.7. The molecule has 0 saturated carbocycles. The number of carbonyl (C=O) groups is 1. The molecule has 0 bridgehead atoms. The van der Waals surface area contributed by atoms with Crippen LogP contribution in [-0.2, 0) is 0 Å². The Bertz CT molecular complexity index is 806. The van der Waals surface area contributed by atoms with E-state index >= 15 is 0 Å². The zero-order valence-electron chi connectivity index (χ0n) is 18.0. The van der Waals surface area contributed by atoms with Crippen molar-refractivity contribution in [2.75, 3.05) is 26.2 Å². The summed E-state index contributed by atoms with van der Waals surface area (Å²) < 4.78 is 24.9. The van der Waals surface area contributed by atoms with Crippen LogP contribution >= 0.6 is 0 Å². The number of ketones is 1. The van der Waals surface area contributed by atoms with Gasteiger partial charge in [-0.1, -0.05) is 12.1 Å². The maximum atomic E-state index is 13.0. The number of para-hydroxylation sites is 2. The minimum atomic E-state index is -0.313. The number of hydrogen-bond donors (Lipinski definition) is 0. The first-order chi connectivity index (χ1) is 14.5. The molecule has 2 aromatic rings. The van der Waals surface area contributed by atoms with Crippen LogP contribution in [0.4, 0.5) is 4.39 Å². The van der Waals surface area contributed by atoms with Crippen LogP contribution in [0.15, 0.2) is 48.5 Å². The first-order valence-corrected chi connectivity index (χ1v) is 10.9. The van der Waals surface area contributed by atoms with E-state index in [2.05, 4.69) is 4.90 Å². The van der Waals surface area contributed by atoms with Crippen molar-refractivity contribution >= 4 is 5.78 Å². The molecule has 0 amide bonds. The number of nitrogens with zero attached hydrogens (tertiary/aromatic N) is 1. The van der Waals surface area contributed by atoms with Gasteiger partial charge < -0.3 is 14.4 Å². The average molecular weight is 414 g/mol. The molecule has 1 aliphatic rings. The number of Topliss-reactive ketones (excluding diaryl/α,β-unsaturated/α-hetero) is 1. The molecular weight excluding hydrogens is 381 g/mol. The van der Waals surface area contributed by atoms with E-state index in [0.717, 1.165) is 50.4 Å². The van der Waals surface area contributed by atoms with Gasteiger partial charge in [-0.15, -0.1) is 0 Å². The summed E-state index contributed by atoms with van der Waals surface area (Å²) in [6, 6.07) is 13.6. The lowest BCUT2D eigenvalue weighted by atomic mass is 9.98. The molecule has 0 spiro atoms. The Morgan fingerprint density at radius 2 is 1.87 bits per heavy atom. The molecule has 3 rings (SSSR count). The first-order valence-electron chi connectivity index (χ1n) is 10.9. The molecule has 0 aromatic heterocycles. The van der Waals surface area contributed by atoms with E-state index in [-0.39, 0.29) is 17.7 Å². The molecule has 1 saturated heterocycles. The predicted molar refractivity (Wildman–Crippen MR) is 117 cm³/mol. The van der Waals surface area contributed by atoms with E-state index in [1.54, 1.807) is 12.1 Å². The van der Waals surface area contributed by atoms with Gasteiger partial charge in [0.2, 0.25) is 0 Å². The van der Waals surface area contributed by atoms with Crippen molar-refractivity contribution in [3.63, 3.8) is 0 Å². The normalized spacial score (nSPS) is 17.1. The van der Waals surface area contributed by atoms with Crippen LogP contribution in [0, 0.1) is 11.7 Å². The van der Waals surface area contributed by atoms with Gasteiger partial charge in [0.15, 0.2) is 17.3 Å². The fourth-order valence-electron chi connectivity index (χ4n) is 3.86. The second-order valence-electron chi connectivity index (χ2n) is 8.27. The molecule has 4 nitrogen and oxygen atoms in total. The van der Waals surface area contributed by atoms with Crippen LogP contribution in [-0.4, -0.2) is 43.0 Å². The van der Waals surface area contributed by atoms with Gasteiger partial charge in [0.05, 0.1) is 12.7 Å². The Labute approximate surface area is 179 Å². The van der Waals surface area contributed by atoms with Gasteiger partial charge in [-0.05, 0) is 82.6 Å². The zero-order valence-corrected chi connectivity index (χ0v) is 18.0. The lowest BCUT2D eigenvalue weighted by molar-refractivity contribution is 0.0960. The number of ether oxygens (including phenoxy) is 2. The van der Waals surface area contributed by atoms with Gasteiger partial charge in [-0.25, -0.2) is 4.39 Å². The SMILES string of the molecule is CC(C)Oc1ccccc1OCC1CCCN(CCCC(=O)c2ccc(F)cc2)C1. The van der Waals surface area contributed by atoms with Gasteiger partial charge in [-0.3, -0.25) is 4.79 Å². The van der Waals surface area contributed by atoms with Gasteiger partial charge in [0.25, 0.3) is 0 Å². The van der Waals surface area contributed by atoms with Crippen molar-refractivity contribution in [2.24, 2.45) is 5.92 Å². The van der Waals surface area contributed by atoms with Crippen LogP contribution in [0.5, 0.6) is 11.5 Å². The number of carbonyl (C=O) groups excluding carboxylic acids is 1. The Morgan fingerprint density at radius 1 is 1.13 bits per heavy atom. The molecule has 5 heteroatoms. The topological polar surface area (TPSA) is 38.8 Å².